The highest BCUT2D eigenvalue weighted by Crippen LogP contribution is 2.13. The Morgan fingerprint density at radius 2 is 1.77 bits per heavy atom. The highest BCUT2D eigenvalue weighted by molar-refractivity contribution is 14.1. The molecule has 2 aromatic rings. The molecule has 0 saturated heterocycles. The van der Waals surface area contributed by atoms with Crippen molar-refractivity contribution in [3.63, 3.8) is 0 Å². The Bertz CT molecular complexity index is 807. The predicted octanol–water partition coefficient (Wildman–Crippen LogP) is 2.36. The summed E-state index contributed by atoms with van der Waals surface area (Å²) in [7, 11) is -3.91. The van der Waals surface area contributed by atoms with Crippen molar-refractivity contribution in [2.45, 2.75) is 11.8 Å². The van der Waals surface area contributed by atoms with Crippen molar-refractivity contribution >= 4 is 38.5 Å². The van der Waals surface area contributed by atoms with Gasteiger partial charge in [0.15, 0.2) is 0 Å². The van der Waals surface area contributed by atoms with E-state index in [2.05, 4.69) is 0 Å². The molecule has 0 radical (unpaired) electrons. The van der Waals surface area contributed by atoms with E-state index in [1.54, 1.807) is 12.1 Å². The van der Waals surface area contributed by atoms with Gasteiger partial charge in [-0.25, -0.2) is 12.8 Å². The molecule has 116 valence electrons. The first-order chi connectivity index (χ1) is 10.3. The number of halogens is 2. The van der Waals surface area contributed by atoms with E-state index in [1.807, 2.05) is 39.8 Å². The Balaban J connectivity index is 2.13. The van der Waals surface area contributed by atoms with Crippen LogP contribution in [-0.4, -0.2) is 14.3 Å². The van der Waals surface area contributed by atoms with Crippen LogP contribution in [0, 0.1) is 16.3 Å². The van der Waals surface area contributed by atoms with Crippen molar-refractivity contribution in [2.75, 3.05) is 0 Å². The third kappa shape index (κ3) is 4.02. The van der Waals surface area contributed by atoms with Gasteiger partial charge in [-0.15, -0.1) is 4.83 Å². The molecule has 8 heteroatoms. The van der Waals surface area contributed by atoms with E-state index in [4.69, 9.17) is 0 Å². The Hall–Kier alpha value is -1.52. The molecule has 0 aliphatic heterocycles. The summed E-state index contributed by atoms with van der Waals surface area (Å²) in [6.07, 6.45) is 0. The van der Waals surface area contributed by atoms with Crippen LogP contribution in [0.5, 0.6) is 0 Å². The normalized spacial score (nSPS) is 11.2. The summed E-state index contributed by atoms with van der Waals surface area (Å²) < 4.78 is 38.2. The van der Waals surface area contributed by atoms with Gasteiger partial charge in [0.2, 0.25) is 0 Å². The van der Waals surface area contributed by atoms with Gasteiger partial charge in [-0.05, 0) is 59.8 Å². The van der Waals surface area contributed by atoms with Crippen LogP contribution in [0.4, 0.5) is 4.39 Å². The quantitative estimate of drug-likeness (QED) is 0.573. The fourth-order valence-electron chi connectivity index (χ4n) is 1.63. The molecule has 2 aromatic carbocycles. The predicted molar refractivity (Wildman–Crippen MR) is 88.1 cm³/mol. The van der Waals surface area contributed by atoms with E-state index in [0.29, 0.717) is 3.57 Å². The smallest absolute Gasteiger partial charge is 0.269 e. The summed E-state index contributed by atoms with van der Waals surface area (Å²) in [5.41, 5.74) is 2.67. The highest BCUT2D eigenvalue weighted by Gasteiger charge is 2.17. The lowest BCUT2D eigenvalue weighted by atomic mass is 10.2. The molecular weight excluding hydrogens is 422 g/mol. The third-order valence-corrected chi connectivity index (χ3v) is 4.74. The van der Waals surface area contributed by atoms with Gasteiger partial charge in [-0.2, -0.15) is 0 Å². The molecule has 0 spiro atoms. The van der Waals surface area contributed by atoms with Gasteiger partial charge in [0, 0.05) is 3.57 Å². The molecule has 5 nitrogen and oxygen atoms in total. The Kier molecular flexibility index (Phi) is 5.14. The van der Waals surface area contributed by atoms with Gasteiger partial charge in [-0.1, -0.05) is 17.7 Å². The zero-order valence-corrected chi connectivity index (χ0v) is 14.4. The van der Waals surface area contributed by atoms with Gasteiger partial charge >= 0.3 is 0 Å². The molecule has 0 atom stereocenters. The van der Waals surface area contributed by atoms with Crippen LogP contribution in [0.25, 0.3) is 0 Å². The van der Waals surface area contributed by atoms with Crippen LogP contribution in [0.15, 0.2) is 47.4 Å². The second-order valence-corrected chi connectivity index (χ2v) is 7.42. The fourth-order valence-corrected chi connectivity index (χ4v) is 2.96. The summed E-state index contributed by atoms with van der Waals surface area (Å²) in [6, 6.07) is 10.1. The number of hydrogen-bond acceptors (Lipinski definition) is 3. The number of benzene rings is 2. The van der Waals surface area contributed by atoms with Gasteiger partial charge in [0.25, 0.3) is 15.9 Å². The topological polar surface area (TPSA) is 75.3 Å². The number of amides is 1. The first-order valence-corrected chi connectivity index (χ1v) is 8.69. The number of aryl methyl sites for hydroxylation is 1. The van der Waals surface area contributed by atoms with Crippen molar-refractivity contribution in [3.05, 3.63) is 63.0 Å². The number of carbonyl (C=O) groups is 1. The maximum absolute atomic E-state index is 13.6. The van der Waals surface area contributed by atoms with E-state index >= 15 is 0 Å². The molecule has 0 bridgehead atoms. The molecule has 0 unspecified atom stereocenters. The monoisotopic (exact) mass is 434 g/mol. The Morgan fingerprint density at radius 1 is 1.14 bits per heavy atom. The zero-order valence-electron chi connectivity index (χ0n) is 11.4. The molecular formula is C14H12FIN2O3S. The summed E-state index contributed by atoms with van der Waals surface area (Å²) in [4.78, 5) is 13.8. The van der Waals surface area contributed by atoms with E-state index in [9.17, 15) is 17.6 Å². The maximum atomic E-state index is 13.6. The van der Waals surface area contributed by atoms with Crippen molar-refractivity contribution in [2.24, 2.45) is 0 Å². The third-order valence-electron chi connectivity index (χ3n) is 2.80. The Labute approximate surface area is 141 Å². The number of hydrazine groups is 1. The van der Waals surface area contributed by atoms with E-state index in [-0.39, 0.29) is 10.5 Å². The maximum Gasteiger partial charge on any atom is 0.269 e. The van der Waals surface area contributed by atoms with Crippen LogP contribution < -0.4 is 10.3 Å². The molecule has 1 amide bonds. The summed E-state index contributed by atoms with van der Waals surface area (Å²) >= 11 is 1.93. The van der Waals surface area contributed by atoms with Crippen LogP contribution in [0.2, 0.25) is 0 Å². The molecule has 2 rings (SSSR count). The lowest BCUT2D eigenvalue weighted by Gasteiger charge is -2.09. The van der Waals surface area contributed by atoms with E-state index in [1.165, 1.54) is 24.3 Å². The van der Waals surface area contributed by atoms with Crippen molar-refractivity contribution in [3.8, 4) is 0 Å². The highest BCUT2D eigenvalue weighted by atomic mass is 127. The molecule has 0 saturated carbocycles. The van der Waals surface area contributed by atoms with E-state index in [0.717, 1.165) is 11.6 Å². The van der Waals surface area contributed by atoms with E-state index < -0.39 is 21.7 Å². The molecule has 0 aromatic heterocycles. The molecule has 0 aliphatic carbocycles. The van der Waals surface area contributed by atoms with Crippen LogP contribution in [-0.2, 0) is 10.0 Å². The average molecular weight is 434 g/mol. The summed E-state index contributed by atoms with van der Waals surface area (Å²) in [5.74, 6) is -1.60. The van der Waals surface area contributed by atoms with Crippen LogP contribution >= 0.6 is 22.6 Å². The van der Waals surface area contributed by atoms with Gasteiger partial charge in [0.1, 0.15) is 5.82 Å². The van der Waals surface area contributed by atoms with Crippen molar-refractivity contribution < 1.29 is 17.6 Å². The minimum atomic E-state index is -3.91. The number of hydrogen-bond donors (Lipinski definition) is 2. The first kappa shape index (κ1) is 16.8. The van der Waals surface area contributed by atoms with Crippen LogP contribution in [0.3, 0.4) is 0 Å². The van der Waals surface area contributed by atoms with Crippen molar-refractivity contribution in [1.29, 1.82) is 0 Å². The minimum absolute atomic E-state index is 0.00140. The minimum Gasteiger partial charge on any atom is -0.273 e. The molecule has 0 fully saturated rings. The van der Waals surface area contributed by atoms with Crippen LogP contribution in [0.1, 0.15) is 15.9 Å². The second kappa shape index (κ2) is 6.71. The number of sulfonamides is 1. The second-order valence-electron chi connectivity index (χ2n) is 4.50. The fraction of sp³-hybridized carbons (Fsp3) is 0.0714. The standard InChI is InChI=1S/C14H12FIN2O3S/c1-9-2-5-11(6-3-9)22(20,21)18-17-14(19)12-8-10(16)4-7-13(12)15/h2-8,18H,1H3,(H,17,19). The Morgan fingerprint density at radius 3 is 2.41 bits per heavy atom. The van der Waals surface area contributed by atoms with Gasteiger partial charge in [0.05, 0.1) is 10.5 Å². The number of rotatable bonds is 4. The lowest BCUT2D eigenvalue weighted by molar-refractivity contribution is 0.0941. The zero-order chi connectivity index (χ0) is 16.3. The molecule has 0 aliphatic rings. The number of nitrogens with one attached hydrogen (secondary N) is 2. The lowest BCUT2D eigenvalue weighted by Crippen LogP contribution is -2.41. The molecule has 0 heterocycles. The summed E-state index contributed by atoms with van der Waals surface area (Å²) in [6.45, 7) is 1.82. The first-order valence-electron chi connectivity index (χ1n) is 6.13. The molecule has 22 heavy (non-hydrogen) atoms. The summed E-state index contributed by atoms with van der Waals surface area (Å²) in [5, 5.41) is 0. The number of carbonyl (C=O) groups excluding carboxylic acids is 1. The van der Waals surface area contributed by atoms with Crippen molar-refractivity contribution in [1.82, 2.24) is 10.3 Å². The SMILES string of the molecule is Cc1ccc(S(=O)(=O)NNC(=O)c2cc(I)ccc2F)cc1. The van der Waals surface area contributed by atoms with Gasteiger partial charge in [-0.3, -0.25) is 10.2 Å². The van der Waals surface area contributed by atoms with Gasteiger partial charge < -0.3 is 0 Å². The average Bonchev–Trinajstić information content (AvgIpc) is 2.48. The largest absolute Gasteiger partial charge is 0.273 e. The molecule has 2 N–H and O–H groups in total.